The Labute approximate surface area is 218 Å². The van der Waals surface area contributed by atoms with Crippen LogP contribution in [0.4, 0.5) is 10.5 Å². The number of likely N-dealkylation sites (N-methyl/N-ethyl adjacent to an activating group) is 1. The summed E-state index contributed by atoms with van der Waals surface area (Å²) in [6.07, 6.45) is 1.77. The predicted octanol–water partition coefficient (Wildman–Crippen LogP) is 4.30. The number of carbonyl (C=O) groups excluding carboxylic acids is 2. The van der Waals surface area contributed by atoms with E-state index in [4.69, 9.17) is 4.74 Å². The number of hydrogen-bond donors (Lipinski definition) is 2. The molecule has 2 N–H and O–H groups in total. The predicted molar refractivity (Wildman–Crippen MR) is 144 cm³/mol. The van der Waals surface area contributed by atoms with Crippen molar-refractivity contribution in [3.05, 3.63) is 90.0 Å². The van der Waals surface area contributed by atoms with Crippen molar-refractivity contribution in [2.75, 3.05) is 18.6 Å². The summed E-state index contributed by atoms with van der Waals surface area (Å²) in [6.45, 7) is 4.18. The maximum atomic E-state index is 13.6. The molecule has 0 saturated heterocycles. The molecular weight excluding hydrogens is 490 g/mol. The van der Waals surface area contributed by atoms with Gasteiger partial charge in [0.1, 0.15) is 11.8 Å². The van der Waals surface area contributed by atoms with Gasteiger partial charge in [-0.25, -0.2) is 17.9 Å². The Balaban J connectivity index is 1.83. The second kappa shape index (κ2) is 12.9. The summed E-state index contributed by atoms with van der Waals surface area (Å²) < 4.78 is 33.1. The molecule has 3 aromatic rings. The molecule has 0 bridgehead atoms. The SMILES string of the molecule is CCCc1cccc(S(=O)(=O)NC(=O)N[C@@H](Cc2ccccc2)C(=O)N(CC)c2ccc(OC)cc2)c1. The van der Waals surface area contributed by atoms with Gasteiger partial charge < -0.3 is 15.0 Å². The van der Waals surface area contributed by atoms with Gasteiger partial charge in [0, 0.05) is 18.7 Å². The van der Waals surface area contributed by atoms with E-state index in [-0.39, 0.29) is 17.2 Å². The molecule has 0 fully saturated rings. The van der Waals surface area contributed by atoms with Crippen LogP contribution in [0.5, 0.6) is 5.75 Å². The van der Waals surface area contributed by atoms with Gasteiger partial charge in [-0.3, -0.25) is 4.79 Å². The van der Waals surface area contributed by atoms with Crippen LogP contribution in [-0.2, 0) is 27.7 Å². The lowest BCUT2D eigenvalue weighted by Crippen LogP contribution is -2.53. The number of benzene rings is 3. The van der Waals surface area contributed by atoms with Crippen LogP contribution in [0.2, 0.25) is 0 Å². The smallest absolute Gasteiger partial charge is 0.329 e. The van der Waals surface area contributed by atoms with E-state index in [0.717, 1.165) is 24.0 Å². The van der Waals surface area contributed by atoms with Crippen LogP contribution in [0.25, 0.3) is 0 Å². The lowest BCUT2D eigenvalue weighted by Gasteiger charge is -2.27. The summed E-state index contributed by atoms with van der Waals surface area (Å²) in [4.78, 5) is 28.0. The number of aryl methyl sites for hydroxylation is 1. The van der Waals surface area contributed by atoms with Crippen molar-refractivity contribution < 1.29 is 22.7 Å². The van der Waals surface area contributed by atoms with Crippen molar-refractivity contribution >= 4 is 27.6 Å². The number of nitrogens with zero attached hydrogens (tertiary/aromatic N) is 1. The average Bonchev–Trinajstić information content (AvgIpc) is 2.90. The van der Waals surface area contributed by atoms with Crippen LogP contribution < -0.4 is 19.7 Å². The number of methoxy groups -OCH3 is 1. The molecule has 0 aromatic heterocycles. The molecule has 0 aliphatic heterocycles. The molecule has 37 heavy (non-hydrogen) atoms. The third-order valence-corrected chi connectivity index (χ3v) is 7.16. The van der Waals surface area contributed by atoms with Gasteiger partial charge in [0.05, 0.1) is 12.0 Å². The molecule has 196 valence electrons. The molecule has 0 heterocycles. The van der Waals surface area contributed by atoms with Crippen LogP contribution in [-0.4, -0.2) is 40.1 Å². The molecule has 0 spiro atoms. The molecule has 0 unspecified atom stereocenters. The van der Waals surface area contributed by atoms with Crippen molar-refractivity contribution in [3.63, 3.8) is 0 Å². The molecule has 3 aromatic carbocycles. The van der Waals surface area contributed by atoms with Crippen molar-refractivity contribution in [1.82, 2.24) is 10.0 Å². The standard InChI is InChI=1S/C28H33N3O5S/c1-4-10-21-13-9-14-25(19-21)37(34,35)30-28(33)29-26(20-22-11-7-6-8-12-22)27(32)31(5-2)23-15-17-24(36-3)18-16-23/h6-9,11-19,26H,4-5,10,20H2,1-3H3,(H2,29,30,33)/t26-/m0/s1. The summed E-state index contributed by atoms with van der Waals surface area (Å²) in [5, 5.41) is 2.59. The lowest BCUT2D eigenvalue weighted by molar-refractivity contribution is -0.120. The van der Waals surface area contributed by atoms with E-state index < -0.39 is 22.1 Å². The highest BCUT2D eigenvalue weighted by Crippen LogP contribution is 2.21. The van der Waals surface area contributed by atoms with Gasteiger partial charge in [-0.2, -0.15) is 0 Å². The highest BCUT2D eigenvalue weighted by molar-refractivity contribution is 7.90. The van der Waals surface area contributed by atoms with Gasteiger partial charge in [-0.05, 0) is 60.9 Å². The van der Waals surface area contributed by atoms with Gasteiger partial charge in [-0.15, -0.1) is 0 Å². The third kappa shape index (κ3) is 7.57. The molecule has 1 atom stereocenters. The van der Waals surface area contributed by atoms with E-state index in [1.165, 1.54) is 11.0 Å². The second-order valence-corrected chi connectivity index (χ2v) is 10.2. The average molecular weight is 524 g/mol. The monoisotopic (exact) mass is 523 g/mol. The number of ether oxygens (including phenoxy) is 1. The number of hydrogen-bond acceptors (Lipinski definition) is 5. The Kier molecular flexibility index (Phi) is 9.68. The summed E-state index contributed by atoms with van der Waals surface area (Å²) in [5.74, 6) is 0.285. The van der Waals surface area contributed by atoms with E-state index in [9.17, 15) is 18.0 Å². The molecular formula is C28H33N3O5S. The van der Waals surface area contributed by atoms with Crippen molar-refractivity contribution in [3.8, 4) is 5.75 Å². The molecule has 0 aliphatic rings. The molecule has 8 nitrogen and oxygen atoms in total. The molecule has 0 radical (unpaired) electrons. The number of anilines is 1. The Morgan fingerprint density at radius 2 is 1.59 bits per heavy atom. The topological polar surface area (TPSA) is 105 Å². The quantitative estimate of drug-likeness (QED) is 0.390. The number of amides is 3. The van der Waals surface area contributed by atoms with Crippen molar-refractivity contribution in [2.24, 2.45) is 0 Å². The zero-order valence-corrected chi connectivity index (χ0v) is 22.1. The fourth-order valence-electron chi connectivity index (χ4n) is 3.99. The van der Waals surface area contributed by atoms with E-state index in [1.54, 1.807) is 43.5 Å². The number of sulfonamides is 1. The minimum atomic E-state index is -4.13. The fourth-order valence-corrected chi connectivity index (χ4v) is 4.98. The Morgan fingerprint density at radius 3 is 2.22 bits per heavy atom. The highest BCUT2D eigenvalue weighted by Gasteiger charge is 2.28. The van der Waals surface area contributed by atoms with Crippen molar-refractivity contribution in [2.45, 2.75) is 44.0 Å². The fraction of sp³-hybridized carbons (Fsp3) is 0.286. The molecule has 0 aliphatic carbocycles. The van der Waals surface area contributed by atoms with Crippen LogP contribution >= 0.6 is 0 Å². The number of carbonyl (C=O) groups is 2. The van der Waals surface area contributed by atoms with Gasteiger partial charge >= 0.3 is 6.03 Å². The Bertz CT molecular complexity index is 1290. The second-order valence-electron chi connectivity index (χ2n) is 8.50. The summed E-state index contributed by atoms with van der Waals surface area (Å²) in [5.41, 5.74) is 2.32. The Morgan fingerprint density at radius 1 is 0.919 bits per heavy atom. The van der Waals surface area contributed by atoms with E-state index in [1.807, 2.05) is 50.2 Å². The largest absolute Gasteiger partial charge is 0.497 e. The van der Waals surface area contributed by atoms with E-state index in [0.29, 0.717) is 18.0 Å². The van der Waals surface area contributed by atoms with Crippen LogP contribution in [0.1, 0.15) is 31.4 Å². The molecule has 0 saturated carbocycles. The zero-order chi connectivity index (χ0) is 26.8. The Hall–Kier alpha value is -3.85. The van der Waals surface area contributed by atoms with Crippen LogP contribution in [0.15, 0.2) is 83.8 Å². The maximum Gasteiger partial charge on any atom is 0.329 e. The van der Waals surface area contributed by atoms with Crippen LogP contribution in [0.3, 0.4) is 0 Å². The first-order chi connectivity index (χ1) is 17.8. The summed E-state index contributed by atoms with van der Waals surface area (Å²) in [7, 11) is -2.57. The summed E-state index contributed by atoms with van der Waals surface area (Å²) in [6, 6.07) is 20.7. The highest BCUT2D eigenvalue weighted by atomic mass is 32.2. The van der Waals surface area contributed by atoms with E-state index >= 15 is 0 Å². The van der Waals surface area contributed by atoms with Crippen molar-refractivity contribution in [1.29, 1.82) is 0 Å². The van der Waals surface area contributed by atoms with E-state index in [2.05, 4.69) is 10.0 Å². The maximum absolute atomic E-state index is 13.6. The van der Waals surface area contributed by atoms with Gasteiger partial charge in [0.25, 0.3) is 10.0 Å². The lowest BCUT2D eigenvalue weighted by atomic mass is 10.0. The van der Waals surface area contributed by atoms with Gasteiger partial charge in [0.15, 0.2) is 0 Å². The molecule has 3 rings (SSSR count). The molecule has 9 heteroatoms. The number of nitrogens with one attached hydrogen (secondary N) is 2. The molecule has 3 amide bonds. The zero-order valence-electron chi connectivity index (χ0n) is 21.3. The van der Waals surface area contributed by atoms with Gasteiger partial charge in [-0.1, -0.05) is 55.8 Å². The normalized spacial score (nSPS) is 11.9. The first-order valence-corrected chi connectivity index (χ1v) is 13.7. The number of rotatable bonds is 11. The van der Waals surface area contributed by atoms with Crippen LogP contribution in [0, 0.1) is 0 Å². The summed E-state index contributed by atoms with van der Waals surface area (Å²) >= 11 is 0. The number of urea groups is 1. The van der Waals surface area contributed by atoms with Gasteiger partial charge in [0.2, 0.25) is 5.91 Å². The minimum Gasteiger partial charge on any atom is -0.497 e. The minimum absolute atomic E-state index is 0.00652. The first-order valence-electron chi connectivity index (χ1n) is 12.2. The third-order valence-electron chi connectivity index (χ3n) is 5.83. The first kappa shape index (κ1) is 27.7.